The largest absolute Gasteiger partial charge is 0.465 e. The molecule has 1 unspecified atom stereocenters. The van der Waals surface area contributed by atoms with Crippen LogP contribution in [0, 0.1) is 5.92 Å². The molecule has 0 fully saturated rings. The van der Waals surface area contributed by atoms with Crippen LogP contribution in [0.5, 0.6) is 0 Å². The molecule has 1 rings (SSSR count). The number of hydrogen-bond donors (Lipinski definition) is 1. The van der Waals surface area contributed by atoms with Crippen molar-refractivity contribution in [3.05, 3.63) is 10.0 Å². The number of nitrogens with one attached hydrogen (secondary N) is 1. The molecule has 0 aliphatic heterocycles. The summed E-state index contributed by atoms with van der Waals surface area (Å²) in [6, 6.07) is 0.114. The smallest absolute Gasteiger partial charge is 0.351 e. The lowest BCUT2D eigenvalue weighted by molar-refractivity contribution is 0.0606. The third-order valence-corrected chi connectivity index (χ3v) is 3.77. The number of thiazole rings is 1. The SMILES string of the molecule is COCC(Nc1nc(Cl)c(C(=O)OC)s1)C(C)C. The van der Waals surface area contributed by atoms with Crippen LogP contribution in [0.4, 0.5) is 5.13 Å². The number of hydrogen-bond acceptors (Lipinski definition) is 6. The average molecular weight is 293 g/mol. The number of methoxy groups -OCH3 is 2. The van der Waals surface area contributed by atoms with E-state index in [0.717, 1.165) is 0 Å². The summed E-state index contributed by atoms with van der Waals surface area (Å²) in [7, 11) is 2.96. The lowest BCUT2D eigenvalue weighted by atomic mass is 10.1. The molecule has 18 heavy (non-hydrogen) atoms. The fourth-order valence-electron chi connectivity index (χ4n) is 1.32. The van der Waals surface area contributed by atoms with E-state index in [2.05, 4.69) is 28.9 Å². The molecule has 102 valence electrons. The minimum atomic E-state index is -0.474. The fourth-order valence-corrected chi connectivity index (χ4v) is 2.49. The van der Waals surface area contributed by atoms with Crippen LogP contribution in [0.25, 0.3) is 0 Å². The predicted octanol–water partition coefficient (Wildman–Crippen LogP) is 2.67. The highest BCUT2D eigenvalue weighted by Gasteiger charge is 2.20. The number of carbonyl (C=O) groups excluding carboxylic acids is 1. The lowest BCUT2D eigenvalue weighted by Crippen LogP contribution is -2.30. The Labute approximate surface area is 115 Å². The van der Waals surface area contributed by atoms with Gasteiger partial charge in [-0.25, -0.2) is 9.78 Å². The first-order valence-electron chi connectivity index (χ1n) is 5.49. The number of esters is 1. The number of rotatable bonds is 6. The third kappa shape index (κ3) is 3.83. The molecule has 0 saturated heterocycles. The van der Waals surface area contributed by atoms with Crippen LogP contribution in [0.15, 0.2) is 0 Å². The maximum Gasteiger partial charge on any atom is 0.351 e. The number of carbonyl (C=O) groups is 1. The summed E-state index contributed by atoms with van der Waals surface area (Å²) in [6.45, 7) is 4.71. The zero-order valence-corrected chi connectivity index (χ0v) is 12.4. The van der Waals surface area contributed by atoms with Gasteiger partial charge in [-0.3, -0.25) is 0 Å². The van der Waals surface area contributed by atoms with Gasteiger partial charge in [-0.05, 0) is 5.92 Å². The van der Waals surface area contributed by atoms with Gasteiger partial charge >= 0.3 is 5.97 Å². The minimum absolute atomic E-state index is 0.114. The summed E-state index contributed by atoms with van der Waals surface area (Å²) >= 11 is 7.07. The zero-order valence-electron chi connectivity index (χ0n) is 10.8. The summed E-state index contributed by atoms with van der Waals surface area (Å²) < 4.78 is 9.76. The van der Waals surface area contributed by atoms with Gasteiger partial charge in [0.1, 0.15) is 0 Å². The molecule has 0 aliphatic rings. The maximum atomic E-state index is 11.4. The van der Waals surface area contributed by atoms with Gasteiger partial charge in [0.15, 0.2) is 15.2 Å². The molecule has 0 aliphatic carbocycles. The standard InChI is InChI=1S/C11H17ClN2O3S/c1-6(2)7(5-16-3)13-11-14-9(12)8(18-11)10(15)17-4/h6-7H,5H2,1-4H3,(H,13,14). The predicted molar refractivity (Wildman–Crippen MR) is 72.6 cm³/mol. The molecule has 0 amide bonds. The van der Waals surface area contributed by atoms with Crippen LogP contribution in [0.3, 0.4) is 0 Å². The molecule has 1 aromatic heterocycles. The third-order valence-electron chi connectivity index (χ3n) is 2.42. The molecule has 7 heteroatoms. The Bertz CT molecular complexity index is 409. The first kappa shape index (κ1) is 15.2. The van der Waals surface area contributed by atoms with Crippen molar-refractivity contribution in [3.8, 4) is 0 Å². The molecule has 0 saturated carbocycles. The normalized spacial score (nSPS) is 12.6. The second-order valence-electron chi connectivity index (χ2n) is 4.08. The first-order valence-corrected chi connectivity index (χ1v) is 6.69. The van der Waals surface area contributed by atoms with Crippen molar-refractivity contribution in [1.82, 2.24) is 4.98 Å². The van der Waals surface area contributed by atoms with Gasteiger partial charge in [0.25, 0.3) is 0 Å². The van der Waals surface area contributed by atoms with Gasteiger partial charge in [-0.1, -0.05) is 36.8 Å². The number of aromatic nitrogens is 1. The van der Waals surface area contributed by atoms with E-state index in [-0.39, 0.29) is 11.2 Å². The van der Waals surface area contributed by atoms with Crippen LogP contribution in [0.2, 0.25) is 5.15 Å². The molecule has 0 spiro atoms. The lowest BCUT2D eigenvalue weighted by Gasteiger charge is -2.20. The second kappa shape index (κ2) is 6.92. The molecular formula is C11H17ClN2O3S. The van der Waals surface area contributed by atoms with Crippen molar-refractivity contribution in [2.24, 2.45) is 5.92 Å². The fraction of sp³-hybridized carbons (Fsp3) is 0.636. The Balaban J connectivity index is 2.81. The summed E-state index contributed by atoms with van der Waals surface area (Å²) in [5, 5.41) is 3.96. The van der Waals surface area contributed by atoms with E-state index in [0.29, 0.717) is 22.5 Å². The average Bonchev–Trinajstić information content (AvgIpc) is 2.68. The van der Waals surface area contributed by atoms with Gasteiger partial charge in [-0.2, -0.15) is 0 Å². The number of anilines is 1. The number of ether oxygens (including phenoxy) is 2. The van der Waals surface area contributed by atoms with Crippen molar-refractivity contribution in [3.63, 3.8) is 0 Å². The highest BCUT2D eigenvalue weighted by atomic mass is 35.5. The van der Waals surface area contributed by atoms with Gasteiger partial charge in [0.05, 0.1) is 19.8 Å². The zero-order chi connectivity index (χ0) is 13.7. The Morgan fingerprint density at radius 3 is 2.67 bits per heavy atom. The quantitative estimate of drug-likeness (QED) is 0.817. The molecule has 5 nitrogen and oxygen atoms in total. The molecular weight excluding hydrogens is 276 g/mol. The Hall–Kier alpha value is -0.850. The van der Waals surface area contributed by atoms with Gasteiger partial charge in [-0.15, -0.1) is 0 Å². The van der Waals surface area contributed by atoms with E-state index >= 15 is 0 Å². The van der Waals surface area contributed by atoms with E-state index in [1.165, 1.54) is 18.4 Å². The van der Waals surface area contributed by atoms with E-state index in [1.807, 2.05) is 0 Å². The molecule has 1 heterocycles. The number of nitrogens with zero attached hydrogens (tertiary/aromatic N) is 1. The molecule has 0 aromatic carbocycles. The van der Waals surface area contributed by atoms with Gasteiger partial charge in [0.2, 0.25) is 0 Å². The Morgan fingerprint density at radius 2 is 2.17 bits per heavy atom. The molecule has 0 bridgehead atoms. The van der Waals surface area contributed by atoms with E-state index in [1.54, 1.807) is 7.11 Å². The monoisotopic (exact) mass is 292 g/mol. The van der Waals surface area contributed by atoms with Crippen LogP contribution in [0.1, 0.15) is 23.5 Å². The summed E-state index contributed by atoms with van der Waals surface area (Å²) in [5.74, 6) is -0.104. The van der Waals surface area contributed by atoms with Crippen molar-refractivity contribution in [2.75, 3.05) is 26.1 Å². The van der Waals surface area contributed by atoms with E-state index < -0.39 is 5.97 Å². The summed E-state index contributed by atoms with van der Waals surface area (Å²) in [6.07, 6.45) is 0. The highest BCUT2D eigenvalue weighted by Crippen LogP contribution is 2.28. The van der Waals surface area contributed by atoms with Crippen molar-refractivity contribution in [2.45, 2.75) is 19.9 Å². The topological polar surface area (TPSA) is 60.5 Å². The van der Waals surface area contributed by atoms with Crippen LogP contribution in [-0.2, 0) is 9.47 Å². The maximum absolute atomic E-state index is 11.4. The van der Waals surface area contributed by atoms with Crippen LogP contribution < -0.4 is 5.32 Å². The highest BCUT2D eigenvalue weighted by molar-refractivity contribution is 7.18. The summed E-state index contributed by atoms with van der Waals surface area (Å²) in [4.78, 5) is 15.8. The molecule has 1 atom stereocenters. The van der Waals surface area contributed by atoms with Crippen molar-refractivity contribution >= 4 is 34.0 Å². The Morgan fingerprint density at radius 1 is 1.50 bits per heavy atom. The van der Waals surface area contributed by atoms with Crippen molar-refractivity contribution < 1.29 is 14.3 Å². The van der Waals surface area contributed by atoms with Crippen molar-refractivity contribution in [1.29, 1.82) is 0 Å². The Kier molecular flexibility index (Phi) is 5.84. The number of halogens is 1. The van der Waals surface area contributed by atoms with Gasteiger partial charge in [0, 0.05) is 7.11 Å². The molecule has 1 aromatic rings. The summed E-state index contributed by atoms with van der Waals surface area (Å²) in [5.41, 5.74) is 0. The van der Waals surface area contributed by atoms with E-state index in [4.69, 9.17) is 16.3 Å². The van der Waals surface area contributed by atoms with Gasteiger partial charge < -0.3 is 14.8 Å². The minimum Gasteiger partial charge on any atom is -0.465 e. The molecule has 1 N–H and O–H groups in total. The second-order valence-corrected chi connectivity index (χ2v) is 5.44. The van der Waals surface area contributed by atoms with Crippen LogP contribution in [-0.4, -0.2) is 37.8 Å². The molecule has 0 radical (unpaired) electrons. The first-order chi connectivity index (χ1) is 8.49. The van der Waals surface area contributed by atoms with Crippen LogP contribution >= 0.6 is 22.9 Å². The van der Waals surface area contributed by atoms with E-state index in [9.17, 15) is 4.79 Å².